The van der Waals surface area contributed by atoms with Gasteiger partial charge in [-0.2, -0.15) is 5.26 Å². The molecule has 0 spiro atoms. The van der Waals surface area contributed by atoms with Gasteiger partial charge in [0.1, 0.15) is 11.5 Å². The number of hydrogen-bond donors (Lipinski definition) is 3. The predicted molar refractivity (Wildman–Crippen MR) is 149 cm³/mol. The summed E-state index contributed by atoms with van der Waals surface area (Å²) in [5.74, 6) is -0.403. The fourth-order valence-corrected chi connectivity index (χ4v) is 5.20. The Kier molecular flexibility index (Phi) is 8.69. The summed E-state index contributed by atoms with van der Waals surface area (Å²) in [4.78, 5) is 26.1. The minimum atomic E-state index is -0.797. The quantitative estimate of drug-likeness (QED) is 0.292. The van der Waals surface area contributed by atoms with Crippen LogP contribution in [0.3, 0.4) is 0 Å². The number of dihydropyridines is 1. The summed E-state index contributed by atoms with van der Waals surface area (Å²) in [5, 5.41) is 20.0. The Bertz CT molecular complexity index is 1460. The van der Waals surface area contributed by atoms with Crippen molar-refractivity contribution in [2.24, 2.45) is 0 Å². The number of carbonyl (C=O) groups is 2. The minimum absolute atomic E-state index is 0.0274. The topological polar surface area (TPSA) is 116 Å². The van der Waals surface area contributed by atoms with Crippen molar-refractivity contribution in [2.45, 2.75) is 12.8 Å². The predicted octanol–water partition coefficient (Wildman–Crippen LogP) is 6.30. The van der Waals surface area contributed by atoms with Gasteiger partial charge in [-0.1, -0.05) is 35.0 Å². The lowest BCUT2D eigenvalue weighted by molar-refractivity contribution is -0.114. The largest absolute Gasteiger partial charge is 0.497 e. The highest BCUT2D eigenvalue weighted by atomic mass is 35.5. The van der Waals surface area contributed by atoms with Gasteiger partial charge in [-0.15, -0.1) is 0 Å². The normalized spacial score (nSPS) is 15.0. The lowest BCUT2D eigenvalue weighted by Crippen LogP contribution is -2.31. The van der Waals surface area contributed by atoms with E-state index in [-0.39, 0.29) is 27.8 Å². The summed E-state index contributed by atoms with van der Waals surface area (Å²) < 4.78 is 10.8. The number of benzene rings is 2. The van der Waals surface area contributed by atoms with Crippen LogP contribution in [0, 0.1) is 11.3 Å². The number of halogens is 2. The first-order valence-corrected chi connectivity index (χ1v) is 13.0. The van der Waals surface area contributed by atoms with E-state index in [0.717, 1.165) is 11.8 Å². The molecule has 0 radical (unpaired) electrons. The van der Waals surface area contributed by atoms with Crippen molar-refractivity contribution < 1.29 is 18.7 Å². The van der Waals surface area contributed by atoms with Crippen molar-refractivity contribution in [3.63, 3.8) is 0 Å². The van der Waals surface area contributed by atoms with Crippen LogP contribution in [0.25, 0.3) is 0 Å². The Morgan fingerprint density at radius 1 is 1.16 bits per heavy atom. The van der Waals surface area contributed by atoms with Crippen molar-refractivity contribution in [1.82, 2.24) is 5.32 Å². The van der Waals surface area contributed by atoms with E-state index in [2.05, 4.69) is 22.0 Å². The highest BCUT2D eigenvalue weighted by molar-refractivity contribution is 8.03. The van der Waals surface area contributed by atoms with Crippen molar-refractivity contribution >= 4 is 58.2 Å². The zero-order valence-electron chi connectivity index (χ0n) is 20.3. The summed E-state index contributed by atoms with van der Waals surface area (Å²) in [6.45, 7) is 1.72. The van der Waals surface area contributed by atoms with Gasteiger partial charge in [0, 0.05) is 16.4 Å². The molecule has 0 saturated carbocycles. The maximum absolute atomic E-state index is 13.4. The summed E-state index contributed by atoms with van der Waals surface area (Å²) >= 11 is 13.4. The van der Waals surface area contributed by atoms with Crippen LogP contribution in [0.1, 0.15) is 18.6 Å². The number of hydrogen-bond acceptors (Lipinski definition) is 7. The van der Waals surface area contributed by atoms with Gasteiger partial charge in [0.2, 0.25) is 5.91 Å². The van der Waals surface area contributed by atoms with Gasteiger partial charge in [0.05, 0.1) is 58.0 Å². The Hall–Kier alpha value is -3.84. The van der Waals surface area contributed by atoms with E-state index in [1.807, 2.05) is 0 Å². The van der Waals surface area contributed by atoms with Crippen LogP contribution in [0.2, 0.25) is 10.0 Å². The molecule has 2 heterocycles. The molecule has 38 heavy (non-hydrogen) atoms. The number of nitrogens with zero attached hydrogens (tertiary/aromatic N) is 1. The van der Waals surface area contributed by atoms with Crippen LogP contribution < -0.4 is 20.7 Å². The second-order valence-corrected chi connectivity index (χ2v) is 9.94. The number of methoxy groups -OCH3 is 1. The van der Waals surface area contributed by atoms with Crippen LogP contribution in [-0.4, -0.2) is 24.7 Å². The standard InChI is InChI=1S/C27H22Cl2N4O4S/c1-15-24(26(35)33-21-10-5-16(28)12-20(21)29)25(22-4-3-11-37-22)19(13-30)27(31-15)38-14-23(34)32-17-6-8-18(36-2)9-7-17/h3-12,25,31H,14H2,1-2H3,(H,32,34)(H,33,35)/t25-/m1/s1. The fourth-order valence-electron chi connectivity index (χ4n) is 3.86. The average Bonchev–Trinajstić information content (AvgIpc) is 3.43. The van der Waals surface area contributed by atoms with E-state index >= 15 is 0 Å². The zero-order chi connectivity index (χ0) is 27.2. The minimum Gasteiger partial charge on any atom is -0.497 e. The molecular weight excluding hydrogens is 547 g/mol. The van der Waals surface area contributed by atoms with Crippen molar-refractivity contribution in [1.29, 1.82) is 5.26 Å². The van der Waals surface area contributed by atoms with Crippen LogP contribution >= 0.6 is 35.0 Å². The van der Waals surface area contributed by atoms with Gasteiger partial charge in [-0.3, -0.25) is 9.59 Å². The number of thioether (sulfide) groups is 1. The van der Waals surface area contributed by atoms with E-state index in [1.54, 1.807) is 62.6 Å². The highest BCUT2D eigenvalue weighted by Crippen LogP contribution is 2.41. The van der Waals surface area contributed by atoms with Gasteiger partial charge < -0.3 is 25.1 Å². The zero-order valence-corrected chi connectivity index (χ0v) is 22.6. The molecule has 3 aromatic rings. The van der Waals surface area contributed by atoms with E-state index < -0.39 is 11.8 Å². The maximum Gasteiger partial charge on any atom is 0.254 e. The SMILES string of the molecule is COc1ccc(NC(=O)CSC2=C(C#N)[C@H](c3ccco3)C(C(=O)Nc3ccc(Cl)cc3Cl)=C(C)N2)cc1. The number of allylic oxidation sites excluding steroid dienone is 2. The van der Waals surface area contributed by atoms with E-state index in [4.69, 9.17) is 32.4 Å². The number of ether oxygens (including phenoxy) is 1. The molecule has 0 fully saturated rings. The number of nitrogens with one attached hydrogen (secondary N) is 3. The monoisotopic (exact) mass is 568 g/mol. The van der Waals surface area contributed by atoms with Crippen LogP contribution in [-0.2, 0) is 9.59 Å². The molecule has 2 amide bonds. The molecule has 1 aromatic heterocycles. The van der Waals surface area contributed by atoms with Crippen LogP contribution in [0.15, 0.2) is 87.1 Å². The van der Waals surface area contributed by atoms with Crippen molar-refractivity contribution in [3.8, 4) is 11.8 Å². The average molecular weight is 569 g/mol. The number of amides is 2. The van der Waals surface area contributed by atoms with E-state index in [0.29, 0.717) is 38.6 Å². The number of nitriles is 1. The molecule has 1 aliphatic heterocycles. The first-order chi connectivity index (χ1) is 18.3. The molecule has 194 valence electrons. The molecule has 1 aliphatic rings. The van der Waals surface area contributed by atoms with Gasteiger partial charge in [0.25, 0.3) is 5.91 Å². The Morgan fingerprint density at radius 2 is 1.92 bits per heavy atom. The highest BCUT2D eigenvalue weighted by Gasteiger charge is 2.36. The molecule has 1 atom stereocenters. The van der Waals surface area contributed by atoms with Gasteiger partial charge in [-0.25, -0.2) is 0 Å². The molecular formula is C27H22Cl2N4O4S. The lowest BCUT2D eigenvalue weighted by atomic mass is 9.85. The van der Waals surface area contributed by atoms with Crippen LogP contribution in [0.5, 0.6) is 5.75 Å². The van der Waals surface area contributed by atoms with Gasteiger partial charge in [-0.05, 0) is 61.5 Å². The third-order valence-electron chi connectivity index (χ3n) is 5.62. The van der Waals surface area contributed by atoms with Crippen molar-refractivity contribution in [3.05, 3.63) is 98.5 Å². The molecule has 0 aliphatic carbocycles. The first-order valence-electron chi connectivity index (χ1n) is 11.3. The maximum atomic E-state index is 13.4. The summed E-state index contributed by atoms with van der Waals surface area (Å²) in [7, 11) is 1.57. The number of rotatable bonds is 8. The molecule has 0 bridgehead atoms. The molecule has 0 saturated heterocycles. The number of furan rings is 1. The second-order valence-electron chi connectivity index (χ2n) is 8.11. The number of anilines is 2. The first kappa shape index (κ1) is 27.2. The molecule has 4 rings (SSSR count). The fraction of sp³-hybridized carbons (Fsp3) is 0.148. The third kappa shape index (κ3) is 6.17. The summed E-state index contributed by atoms with van der Waals surface area (Å²) in [6.07, 6.45) is 1.47. The smallest absolute Gasteiger partial charge is 0.254 e. The van der Waals surface area contributed by atoms with Crippen LogP contribution in [0.4, 0.5) is 11.4 Å². The number of carbonyl (C=O) groups excluding carboxylic acids is 2. The molecule has 2 aromatic carbocycles. The second kappa shape index (κ2) is 12.1. The molecule has 3 N–H and O–H groups in total. The van der Waals surface area contributed by atoms with E-state index in [9.17, 15) is 14.9 Å². The molecule has 8 nitrogen and oxygen atoms in total. The molecule has 11 heteroatoms. The summed E-state index contributed by atoms with van der Waals surface area (Å²) in [6, 6.07) is 17.3. The lowest BCUT2D eigenvalue weighted by Gasteiger charge is -2.28. The van der Waals surface area contributed by atoms with Gasteiger partial charge in [0.15, 0.2) is 0 Å². The third-order valence-corrected chi connectivity index (χ3v) is 7.19. The Morgan fingerprint density at radius 3 is 2.55 bits per heavy atom. The molecule has 0 unspecified atom stereocenters. The van der Waals surface area contributed by atoms with Gasteiger partial charge >= 0.3 is 0 Å². The Labute approximate surface area is 233 Å². The Balaban J connectivity index is 1.56. The van der Waals surface area contributed by atoms with Crippen molar-refractivity contribution in [2.75, 3.05) is 23.5 Å². The van der Waals surface area contributed by atoms with E-state index in [1.165, 1.54) is 12.3 Å². The summed E-state index contributed by atoms with van der Waals surface area (Å²) in [5.41, 5.74) is 2.03.